The van der Waals surface area contributed by atoms with Crippen LogP contribution in [0.4, 0.5) is 10.1 Å². The highest BCUT2D eigenvalue weighted by atomic mass is 19.1. The van der Waals surface area contributed by atoms with Gasteiger partial charge in [0.05, 0.1) is 27.4 Å². The van der Waals surface area contributed by atoms with Crippen molar-refractivity contribution in [1.29, 1.82) is 0 Å². The van der Waals surface area contributed by atoms with Crippen LogP contribution in [0.5, 0.6) is 17.2 Å². The van der Waals surface area contributed by atoms with Gasteiger partial charge < -0.3 is 24.4 Å². The SMILES string of the molecule is COc1cc(C(=O)N[C@H]2CC(=O)N(c3ccc(F)cc3)C2)cc(OC)c1OC. The highest BCUT2D eigenvalue weighted by Crippen LogP contribution is 2.38. The minimum absolute atomic E-state index is 0.137. The molecular formula is C20H21FN2O5. The van der Waals surface area contributed by atoms with Crippen LogP contribution in [0.1, 0.15) is 16.8 Å². The van der Waals surface area contributed by atoms with Crippen molar-refractivity contribution in [3.05, 3.63) is 47.8 Å². The fourth-order valence-electron chi connectivity index (χ4n) is 3.16. The second kappa shape index (κ2) is 8.16. The van der Waals surface area contributed by atoms with E-state index in [-0.39, 0.29) is 30.1 Å². The Balaban J connectivity index is 1.75. The zero-order chi connectivity index (χ0) is 20.3. The van der Waals surface area contributed by atoms with E-state index < -0.39 is 0 Å². The predicted molar refractivity (Wildman–Crippen MR) is 101 cm³/mol. The summed E-state index contributed by atoms with van der Waals surface area (Å²) in [6.45, 7) is 0.306. The molecule has 2 aromatic rings. The molecular weight excluding hydrogens is 367 g/mol. The third kappa shape index (κ3) is 3.85. The molecule has 0 saturated carbocycles. The molecule has 0 aliphatic carbocycles. The Morgan fingerprint density at radius 1 is 1.07 bits per heavy atom. The molecule has 0 unspecified atom stereocenters. The summed E-state index contributed by atoms with van der Waals surface area (Å²) in [5.41, 5.74) is 0.915. The summed E-state index contributed by atoms with van der Waals surface area (Å²) in [6.07, 6.45) is 0.160. The molecule has 0 aromatic heterocycles. The largest absolute Gasteiger partial charge is 0.493 e. The van der Waals surface area contributed by atoms with Gasteiger partial charge in [-0.3, -0.25) is 9.59 Å². The first-order valence-corrected chi connectivity index (χ1v) is 8.63. The molecule has 1 aliphatic heterocycles. The van der Waals surface area contributed by atoms with Crippen LogP contribution in [0.2, 0.25) is 0 Å². The number of nitrogens with zero attached hydrogens (tertiary/aromatic N) is 1. The summed E-state index contributed by atoms with van der Waals surface area (Å²) in [4.78, 5) is 26.5. The summed E-state index contributed by atoms with van der Waals surface area (Å²) in [7, 11) is 4.42. The highest BCUT2D eigenvalue weighted by molar-refractivity contribution is 5.99. The molecule has 1 saturated heterocycles. The number of carbonyl (C=O) groups is 2. The molecule has 1 N–H and O–H groups in total. The minimum Gasteiger partial charge on any atom is -0.493 e. The van der Waals surface area contributed by atoms with Gasteiger partial charge >= 0.3 is 0 Å². The summed E-state index contributed by atoms with van der Waals surface area (Å²) in [6, 6.07) is 8.39. The second-order valence-electron chi connectivity index (χ2n) is 6.27. The lowest BCUT2D eigenvalue weighted by Crippen LogP contribution is -2.37. The van der Waals surface area contributed by atoms with Gasteiger partial charge in [0.15, 0.2) is 11.5 Å². The van der Waals surface area contributed by atoms with Crippen molar-refractivity contribution >= 4 is 17.5 Å². The summed E-state index contributed by atoms with van der Waals surface area (Å²) in [5.74, 6) is 0.243. The highest BCUT2D eigenvalue weighted by Gasteiger charge is 2.32. The number of anilines is 1. The molecule has 1 fully saturated rings. The first-order valence-electron chi connectivity index (χ1n) is 8.63. The Kier molecular flexibility index (Phi) is 5.67. The fourth-order valence-corrected chi connectivity index (χ4v) is 3.16. The van der Waals surface area contributed by atoms with E-state index in [4.69, 9.17) is 14.2 Å². The van der Waals surface area contributed by atoms with Crippen LogP contribution in [0.25, 0.3) is 0 Å². The van der Waals surface area contributed by atoms with E-state index in [1.807, 2.05) is 0 Å². The standard InChI is InChI=1S/C20H21FN2O5/c1-26-16-8-12(9-17(27-2)19(16)28-3)20(25)22-14-10-18(24)23(11-14)15-6-4-13(21)5-7-15/h4-9,14H,10-11H2,1-3H3,(H,22,25)/t14-/m0/s1. The fraction of sp³-hybridized carbons (Fsp3) is 0.300. The third-order valence-electron chi connectivity index (χ3n) is 4.53. The van der Waals surface area contributed by atoms with Gasteiger partial charge in [-0.2, -0.15) is 0 Å². The Labute approximate surface area is 162 Å². The van der Waals surface area contributed by atoms with Gasteiger partial charge in [-0.1, -0.05) is 0 Å². The summed E-state index contributed by atoms with van der Waals surface area (Å²) >= 11 is 0. The Bertz CT molecular complexity index is 860. The van der Waals surface area contributed by atoms with E-state index in [1.54, 1.807) is 12.1 Å². The number of hydrogen-bond acceptors (Lipinski definition) is 5. The molecule has 28 heavy (non-hydrogen) atoms. The number of methoxy groups -OCH3 is 3. The van der Waals surface area contributed by atoms with Crippen LogP contribution >= 0.6 is 0 Å². The van der Waals surface area contributed by atoms with E-state index in [0.29, 0.717) is 35.0 Å². The molecule has 8 heteroatoms. The molecule has 0 bridgehead atoms. The van der Waals surface area contributed by atoms with E-state index in [1.165, 1.54) is 50.5 Å². The van der Waals surface area contributed by atoms with Gasteiger partial charge in [0.25, 0.3) is 5.91 Å². The average Bonchev–Trinajstić information content (AvgIpc) is 3.07. The number of benzene rings is 2. The van der Waals surface area contributed by atoms with Crippen LogP contribution in [0.15, 0.2) is 36.4 Å². The van der Waals surface area contributed by atoms with Crippen LogP contribution in [-0.4, -0.2) is 45.7 Å². The van der Waals surface area contributed by atoms with E-state index >= 15 is 0 Å². The lowest BCUT2D eigenvalue weighted by atomic mass is 10.1. The Hall–Kier alpha value is -3.29. The zero-order valence-electron chi connectivity index (χ0n) is 15.8. The molecule has 2 amide bonds. The van der Waals surface area contributed by atoms with Crippen molar-refractivity contribution in [2.75, 3.05) is 32.8 Å². The van der Waals surface area contributed by atoms with Crippen molar-refractivity contribution in [3.63, 3.8) is 0 Å². The van der Waals surface area contributed by atoms with E-state index in [2.05, 4.69) is 5.32 Å². The zero-order valence-corrected chi connectivity index (χ0v) is 15.8. The molecule has 2 aromatic carbocycles. The third-order valence-corrected chi connectivity index (χ3v) is 4.53. The van der Waals surface area contributed by atoms with Crippen LogP contribution in [-0.2, 0) is 4.79 Å². The number of ether oxygens (including phenoxy) is 3. The van der Waals surface area contributed by atoms with Crippen molar-refractivity contribution in [1.82, 2.24) is 5.32 Å². The smallest absolute Gasteiger partial charge is 0.251 e. The molecule has 148 valence electrons. The van der Waals surface area contributed by atoms with Gasteiger partial charge in [0.2, 0.25) is 11.7 Å². The number of carbonyl (C=O) groups excluding carboxylic acids is 2. The Morgan fingerprint density at radius 3 is 2.21 bits per heavy atom. The van der Waals surface area contributed by atoms with Gasteiger partial charge in [0, 0.05) is 24.2 Å². The monoisotopic (exact) mass is 388 g/mol. The van der Waals surface area contributed by atoms with Crippen molar-refractivity contribution < 1.29 is 28.2 Å². The molecule has 1 atom stereocenters. The van der Waals surface area contributed by atoms with Gasteiger partial charge in [-0.25, -0.2) is 4.39 Å². The molecule has 0 radical (unpaired) electrons. The van der Waals surface area contributed by atoms with Gasteiger partial charge in [-0.05, 0) is 36.4 Å². The second-order valence-corrected chi connectivity index (χ2v) is 6.27. The average molecular weight is 388 g/mol. The first-order chi connectivity index (χ1) is 13.5. The van der Waals surface area contributed by atoms with Gasteiger partial charge in [0.1, 0.15) is 5.82 Å². The molecule has 1 heterocycles. The summed E-state index contributed by atoms with van der Waals surface area (Å²) in [5, 5.41) is 2.85. The van der Waals surface area contributed by atoms with Crippen molar-refractivity contribution in [2.24, 2.45) is 0 Å². The number of hydrogen-bond donors (Lipinski definition) is 1. The van der Waals surface area contributed by atoms with Gasteiger partial charge in [-0.15, -0.1) is 0 Å². The number of halogens is 1. The maximum Gasteiger partial charge on any atom is 0.251 e. The number of nitrogens with one attached hydrogen (secondary N) is 1. The number of rotatable bonds is 6. The molecule has 1 aliphatic rings. The van der Waals surface area contributed by atoms with E-state index in [0.717, 1.165) is 0 Å². The normalized spacial score (nSPS) is 16.1. The maximum absolute atomic E-state index is 13.1. The van der Waals surface area contributed by atoms with Crippen LogP contribution in [0, 0.1) is 5.82 Å². The molecule has 7 nitrogen and oxygen atoms in total. The van der Waals surface area contributed by atoms with E-state index in [9.17, 15) is 14.0 Å². The first kappa shape index (κ1) is 19.5. The summed E-state index contributed by atoms with van der Waals surface area (Å²) < 4.78 is 28.9. The topological polar surface area (TPSA) is 77.1 Å². The van der Waals surface area contributed by atoms with Crippen LogP contribution < -0.4 is 24.4 Å². The maximum atomic E-state index is 13.1. The Morgan fingerprint density at radius 2 is 1.68 bits per heavy atom. The van der Waals surface area contributed by atoms with Crippen LogP contribution in [0.3, 0.4) is 0 Å². The lowest BCUT2D eigenvalue weighted by molar-refractivity contribution is -0.117. The predicted octanol–water partition coefficient (Wildman–Crippen LogP) is 2.39. The molecule has 3 rings (SSSR count). The van der Waals surface area contributed by atoms with Crippen molar-refractivity contribution in [2.45, 2.75) is 12.5 Å². The van der Waals surface area contributed by atoms with Crippen molar-refractivity contribution in [3.8, 4) is 17.2 Å². The quantitative estimate of drug-likeness (QED) is 0.822. The lowest BCUT2D eigenvalue weighted by Gasteiger charge is -2.18. The molecule has 0 spiro atoms. The minimum atomic E-state index is -0.373. The number of amides is 2.